The predicted octanol–water partition coefficient (Wildman–Crippen LogP) is -0.0353. The lowest BCUT2D eigenvalue weighted by molar-refractivity contribution is 0.101. The summed E-state index contributed by atoms with van der Waals surface area (Å²) in [6.45, 7) is 0. The zero-order valence-corrected chi connectivity index (χ0v) is 11.4. The second-order valence-corrected chi connectivity index (χ2v) is 7.35. The molecule has 8 nitrogen and oxygen atoms in total. The van der Waals surface area contributed by atoms with Gasteiger partial charge >= 0.3 is 10.1 Å². The first kappa shape index (κ1) is 14.9. The first-order valence-corrected chi connectivity index (χ1v) is 8.04. The molecule has 0 aliphatic heterocycles. The summed E-state index contributed by atoms with van der Waals surface area (Å²) in [5.41, 5.74) is 0.279. The third-order valence-corrected chi connectivity index (χ3v) is 5.02. The topological polar surface area (TPSA) is 149 Å². The highest BCUT2D eigenvalue weighted by atomic mass is 32.2. The average molecular weight is 322 g/mol. The van der Waals surface area contributed by atoms with E-state index < -0.39 is 42.2 Å². The SMILES string of the molecule is O=S(=O)(O)c1ccc2c(c1)CC(O)(S(=O)(=O)O)C(O)=C2. The molecule has 0 spiro atoms. The molecule has 0 aromatic heterocycles. The van der Waals surface area contributed by atoms with Crippen molar-refractivity contribution in [2.24, 2.45) is 0 Å². The fourth-order valence-corrected chi connectivity index (χ4v) is 3.06. The Hall–Kier alpha value is -1.46. The van der Waals surface area contributed by atoms with E-state index in [0.29, 0.717) is 0 Å². The Balaban J connectivity index is 2.65. The van der Waals surface area contributed by atoms with Crippen LogP contribution >= 0.6 is 0 Å². The Labute approximate surface area is 114 Å². The van der Waals surface area contributed by atoms with Crippen LogP contribution < -0.4 is 0 Å². The van der Waals surface area contributed by atoms with Gasteiger partial charge in [0.1, 0.15) is 5.76 Å². The number of benzene rings is 1. The van der Waals surface area contributed by atoms with Crippen molar-refractivity contribution < 1.29 is 36.2 Å². The Morgan fingerprint density at radius 2 is 1.70 bits per heavy atom. The molecule has 1 aromatic rings. The van der Waals surface area contributed by atoms with E-state index in [2.05, 4.69) is 0 Å². The van der Waals surface area contributed by atoms with Gasteiger partial charge in [-0.2, -0.15) is 16.8 Å². The summed E-state index contributed by atoms with van der Waals surface area (Å²) in [5.74, 6) is -0.980. The van der Waals surface area contributed by atoms with Crippen LogP contribution in [0.4, 0.5) is 0 Å². The maximum Gasteiger partial charge on any atom is 0.303 e. The molecule has 1 aliphatic carbocycles. The van der Waals surface area contributed by atoms with Gasteiger partial charge in [0.05, 0.1) is 4.90 Å². The van der Waals surface area contributed by atoms with E-state index in [-0.39, 0.29) is 11.1 Å². The standard InChI is InChI=1S/C10H10O8S2/c11-9-4-6-1-2-8(19(13,14)15)3-7(6)5-10(9,12)20(16,17)18/h1-4,11-12H,5H2,(H,13,14,15)(H,16,17,18). The van der Waals surface area contributed by atoms with Crippen molar-refractivity contribution in [3.05, 3.63) is 35.1 Å². The van der Waals surface area contributed by atoms with Gasteiger partial charge in [0.2, 0.25) is 0 Å². The van der Waals surface area contributed by atoms with Crippen molar-refractivity contribution in [1.29, 1.82) is 0 Å². The van der Waals surface area contributed by atoms with Crippen molar-refractivity contribution in [2.45, 2.75) is 16.2 Å². The highest BCUT2D eigenvalue weighted by Crippen LogP contribution is 2.34. The van der Waals surface area contributed by atoms with E-state index >= 15 is 0 Å². The minimum Gasteiger partial charge on any atom is -0.508 e. The molecule has 1 atom stereocenters. The van der Waals surface area contributed by atoms with Gasteiger partial charge < -0.3 is 10.2 Å². The van der Waals surface area contributed by atoms with Crippen molar-refractivity contribution in [3.8, 4) is 0 Å². The molecule has 0 radical (unpaired) electrons. The second kappa shape index (κ2) is 4.27. The second-order valence-electron chi connectivity index (χ2n) is 4.30. The van der Waals surface area contributed by atoms with E-state index in [1.807, 2.05) is 0 Å². The molecule has 1 unspecified atom stereocenters. The molecule has 1 aliphatic rings. The molecule has 0 amide bonds. The van der Waals surface area contributed by atoms with Gasteiger partial charge in [-0.05, 0) is 29.3 Å². The van der Waals surface area contributed by atoms with Gasteiger partial charge in [-0.25, -0.2) is 0 Å². The van der Waals surface area contributed by atoms with Crippen LogP contribution in [-0.2, 0) is 26.7 Å². The summed E-state index contributed by atoms with van der Waals surface area (Å²) in [4.78, 5) is -3.44. The van der Waals surface area contributed by atoms with Gasteiger partial charge in [-0.1, -0.05) is 6.07 Å². The summed E-state index contributed by atoms with van der Waals surface area (Å²) in [6.07, 6.45) is 0.132. The third kappa shape index (κ3) is 2.31. The summed E-state index contributed by atoms with van der Waals surface area (Å²) in [5, 5.41) is 19.4. The van der Waals surface area contributed by atoms with Crippen LogP contribution in [0, 0.1) is 0 Å². The Morgan fingerprint density at radius 3 is 2.20 bits per heavy atom. The Bertz CT molecular complexity index is 806. The highest BCUT2D eigenvalue weighted by molar-refractivity contribution is 7.87. The largest absolute Gasteiger partial charge is 0.508 e. The quantitative estimate of drug-likeness (QED) is 0.554. The smallest absolute Gasteiger partial charge is 0.303 e. The van der Waals surface area contributed by atoms with Gasteiger partial charge in [-0.15, -0.1) is 0 Å². The Kier molecular flexibility index (Phi) is 3.19. The maximum atomic E-state index is 11.1. The molecule has 20 heavy (non-hydrogen) atoms. The minimum atomic E-state index is -5.04. The third-order valence-electron chi connectivity index (χ3n) is 2.96. The number of rotatable bonds is 2. The lowest BCUT2D eigenvalue weighted by Gasteiger charge is -2.28. The van der Waals surface area contributed by atoms with Gasteiger partial charge in [0.25, 0.3) is 15.1 Å². The maximum absolute atomic E-state index is 11.1. The molecule has 4 N–H and O–H groups in total. The summed E-state index contributed by atoms with van der Waals surface area (Å²) in [6, 6.07) is 3.22. The molecule has 0 saturated carbocycles. The molecule has 10 heteroatoms. The lowest BCUT2D eigenvalue weighted by Crippen LogP contribution is -2.44. The zero-order valence-electron chi connectivity index (χ0n) is 9.75. The molecule has 0 bridgehead atoms. The van der Waals surface area contributed by atoms with Crippen LogP contribution in [-0.4, -0.2) is 41.1 Å². The van der Waals surface area contributed by atoms with E-state index in [1.165, 1.54) is 6.07 Å². The summed E-state index contributed by atoms with van der Waals surface area (Å²) >= 11 is 0. The molecule has 110 valence electrons. The molecular weight excluding hydrogens is 312 g/mol. The molecule has 0 saturated heterocycles. The lowest BCUT2D eigenvalue weighted by atomic mass is 9.94. The fourth-order valence-electron chi connectivity index (χ4n) is 1.87. The van der Waals surface area contributed by atoms with Crippen molar-refractivity contribution in [2.75, 3.05) is 0 Å². The molecule has 1 aromatic carbocycles. The number of aliphatic hydroxyl groups excluding tert-OH is 1. The van der Waals surface area contributed by atoms with Crippen molar-refractivity contribution in [3.63, 3.8) is 0 Å². The van der Waals surface area contributed by atoms with Crippen LogP contribution in [0.3, 0.4) is 0 Å². The van der Waals surface area contributed by atoms with Gasteiger partial charge in [0, 0.05) is 6.42 Å². The van der Waals surface area contributed by atoms with E-state index in [1.54, 1.807) is 0 Å². The monoisotopic (exact) mass is 322 g/mol. The van der Waals surface area contributed by atoms with E-state index in [0.717, 1.165) is 18.2 Å². The minimum absolute atomic E-state index is 0.0260. The fraction of sp³-hybridized carbons (Fsp3) is 0.200. The van der Waals surface area contributed by atoms with Crippen LogP contribution in [0.2, 0.25) is 0 Å². The van der Waals surface area contributed by atoms with Crippen LogP contribution in [0.25, 0.3) is 6.08 Å². The summed E-state index contributed by atoms with van der Waals surface area (Å²) < 4.78 is 62.2. The number of aliphatic hydroxyl groups is 2. The van der Waals surface area contributed by atoms with Gasteiger partial charge in [-0.3, -0.25) is 9.11 Å². The van der Waals surface area contributed by atoms with Crippen LogP contribution in [0.15, 0.2) is 28.9 Å². The number of hydrogen-bond acceptors (Lipinski definition) is 6. The van der Waals surface area contributed by atoms with Gasteiger partial charge in [0.15, 0.2) is 0 Å². The molecule has 2 rings (SSSR count). The zero-order chi connectivity index (χ0) is 15.3. The van der Waals surface area contributed by atoms with Crippen LogP contribution in [0.5, 0.6) is 0 Å². The number of hydrogen-bond donors (Lipinski definition) is 4. The van der Waals surface area contributed by atoms with Crippen molar-refractivity contribution >= 4 is 26.3 Å². The Morgan fingerprint density at radius 1 is 1.10 bits per heavy atom. The summed E-state index contributed by atoms with van der Waals surface area (Å²) in [7, 11) is -9.54. The highest BCUT2D eigenvalue weighted by Gasteiger charge is 2.47. The first-order valence-electron chi connectivity index (χ1n) is 5.16. The van der Waals surface area contributed by atoms with E-state index in [4.69, 9.17) is 9.11 Å². The molecular formula is C10H10O8S2. The molecule has 0 fully saturated rings. The van der Waals surface area contributed by atoms with Crippen molar-refractivity contribution in [1.82, 2.24) is 0 Å². The predicted molar refractivity (Wildman–Crippen MR) is 67.1 cm³/mol. The first-order chi connectivity index (χ1) is 8.95. The molecule has 0 heterocycles. The van der Waals surface area contributed by atoms with Crippen LogP contribution in [0.1, 0.15) is 11.1 Å². The normalized spacial score (nSPS) is 23.1. The van der Waals surface area contributed by atoms with E-state index in [9.17, 15) is 27.0 Å². The average Bonchev–Trinajstić information content (AvgIpc) is 2.27. The number of fused-ring (bicyclic) bond motifs is 1.